The molecule has 0 atom stereocenters. The summed E-state index contributed by atoms with van der Waals surface area (Å²) < 4.78 is 0. The number of rotatable bonds is 4. The van der Waals surface area contributed by atoms with Crippen molar-refractivity contribution in [3.63, 3.8) is 0 Å². The third-order valence-corrected chi connectivity index (χ3v) is 13.0. The third kappa shape index (κ3) is 3.82. The summed E-state index contributed by atoms with van der Waals surface area (Å²) in [5.41, 5.74) is 16.5. The molecule has 0 bridgehead atoms. The fourth-order valence-electron chi connectivity index (χ4n) is 9.07. The molecule has 4 aromatic rings. The molecule has 6 rings (SSSR count). The van der Waals surface area contributed by atoms with E-state index in [1.807, 2.05) is 0 Å². The predicted octanol–water partition coefficient (Wildman–Crippen LogP) is 11.9. The molecule has 0 aliphatic heterocycles. The SMILES string of the molecule is Cc1cc(C)cc(N(c2ccc(-c3cc4c5c(c3)C(C)(C)C(C)(C)C5(C)C(C)(C)C4(C)C)cc2)c2cc(C)cc(C)c2)c1. The van der Waals surface area contributed by atoms with Gasteiger partial charge in [0.15, 0.2) is 0 Å². The van der Waals surface area contributed by atoms with Crippen LogP contribution in [-0.2, 0) is 16.2 Å². The Kier molecular flexibility index (Phi) is 6.29. The molecule has 0 saturated carbocycles. The second-order valence-corrected chi connectivity index (χ2v) is 16.1. The summed E-state index contributed by atoms with van der Waals surface area (Å²) in [6, 6.07) is 28.0. The van der Waals surface area contributed by atoms with Gasteiger partial charge in [0.05, 0.1) is 0 Å². The zero-order valence-corrected chi connectivity index (χ0v) is 28.9. The van der Waals surface area contributed by atoms with Crippen molar-refractivity contribution in [2.45, 2.75) is 106 Å². The van der Waals surface area contributed by atoms with Crippen molar-refractivity contribution < 1.29 is 0 Å². The van der Waals surface area contributed by atoms with Gasteiger partial charge in [0.25, 0.3) is 0 Å². The van der Waals surface area contributed by atoms with Crippen LogP contribution in [0.2, 0.25) is 0 Å². The molecule has 2 aliphatic rings. The molecule has 0 amide bonds. The molecular formula is C42H51N. The number of hydrogen-bond donors (Lipinski definition) is 0. The molecule has 0 N–H and O–H groups in total. The lowest BCUT2D eigenvalue weighted by Crippen LogP contribution is -2.54. The smallest absolute Gasteiger partial charge is 0.0466 e. The molecule has 0 radical (unpaired) electrons. The first kappa shape index (κ1) is 29.7. The first-order chi connectivity index (χ1) is 19.8. The molecule has 0 saturated heterocycles. The topological polar surface area (TPSA) is 3.24 Å². The Morgan fingerprint density at radius 2 is 0.791 bits per heavy atom. The van der Waals surface area contributed by atoms with E-state index >= 15 is 0 Å². The summed E-state index contributed by atoms with van der Waals surface area (Å²) in [6.07, 6.45) is 0. The van der Waals surface area contributed by atoms with Gasteiger partial charge in [-0.05, 0) is 136 Å². The minimum absolute atomic E-state index is 0.0679. The predicted molar refractivity (Wildman–Crippen MR) is 186 cm³/mol. The van der Waals surface area contributed by atoms with Gasteiger partial charge in [0.1, 0.15) is 0 Å². The molecule has 224 valence electrons. The number of hydrogen-bond acceptors (Lipinski definition) is 1. The van der Waals surface area contributed by atoms with Crippen LogP contribution in [0.3, 0.4) is 0 Å². The fraction of sp³-hybridized carbons (Fsp3) is 0.429. The largest absolute Gasteiger partial charge is 0.310 e. The van der Waals surface area contributed by atoms with Crippen LogP contribution in [0.4, 0.5) is 17.1 Å². The minimum atomic E-state index is 0.0679. The maximum absolute atomic E-state index is 2.56. The molecule has 43 heavy (non-hydrogen) atoms. The van der Waals surface area contributed by atoms with Crippen LogP contribution in [-0.4, -0.2) is 0 Å². The summed E-state index contributed by atoms with van der Waals surface area (Å²) in [6.45, 7) is 31.3. The number of nitrogens with zero attached hydrogens (tertiary/aromatic N) is 1. The average Bonchev–Trinajstić information content (AvgIpc) is 3.11. The van der Waals surface area contributed by atoms with Crippen LogP contribution < -0.4 is 4.90 Å². The van der Waals surface area contributed by atoms with E-state index in [-0.39, 0.29) is 27.1 Å². The van der Waals surface area contributed by atoms with Gasteiger partial charge in [0, 0.05) is 22.5 Å². The van der Waals surface area contributed by atoms with Gasteiger partial charge in [-0.1, -0.05) is 98.7 Å². The van der Waals surface area contributed by atoms with Gasteiger partial charge in [-0.15, -0.1) is 0 Å². The van der Waals surface area contributed by atoms with Crippen LogP contribution in [0.15, 0.2) is 72.8 Å². The Labute approximate surface area is 261 Å². The molecule has 0 heterocycles. The Hall–Kier alpha value is -3.32. The summed E-state index contributed by atoms with van der Waals surface area (Å²) in [7, 11) is 0. The Bertz CT molecular complexity index is 1620. The van der Waals surface area contributed by atoms with E-state index in [9.17, 15) is 0 Å². The highest BCUT2D eigenvalue weighted by molar-refractivity contribution is 5.80. The zero-order valence-electron chi connectivity index (χ0n) is 28.9. The van der Waals surface area contributed by atoms with E-state index in [4.69, 9.17) is 0 Å². The highest BCUT2D eigenvalue weighted by Gasteiger charge is 2.72. The summed E-state index contributed by atoms with van der Waals surface area (Å²) >= 11 is 0. The third-order valence-electron chi connectivity index (χ3n) is 13.0. The van der Waals surface area contributed by atoms with Crippen molar-refractivity contribution in [2.24, 2.45) is 10.8 Å². The van der Waals surface area contributed by atoms with Crippen molar-refractivity contribution in [1.82, 2.24) is 0 Å². The van der Waals surface area contributed by atoms with Crippen LogP contribution in [0.1, 0.15) is 101 Å². The van der Waals surface area contributed by atoms with Gasteiger partial charge in [-0.2, -0.15) is 0 Å². The Morgan fingerprint density at radius 1 is 0.419 bits per heavy atom. The molecule has 2 aliphatic carbocycles. The normalized spacial score (nSPS) is 19.7. The fourth-order valence-corrected chi connectivity index (χ4v) is 9.07. The van der Waals surface area contributed by atoms with E-state index in [2.05, 4.69) is 168 Å². The minimum Gasteiger partial charge on any atom is -0.310 e. The van der Waals surface area contributed by atoms with Gasteiger partial charge in [-0.25, -0.2) is 0 Å². The van der Waals surface area contributed by atoms with E-state index in [1.165, 1.54) is 50.4 Å². The second kappa shape index (κ2) is 9.10. The molecule has 0 aromatic heterocycles. The maximum atomic E-state index is 2.56. The van der Waals surface area contributed by atoms with Crippen LogP contribution in [0, 0.1) is 38.5 Å². The molecule has 0 spiro atoms. The molecule has 1 nitrogen and oxygen atoms in total. The number of aryl methyl sites for hydroxylation is 4. The standard InChI is InChI=1S/C42H51N/c1-26-18-27(2)21-33(20-26)43(34-22-28(3)19-29(4)23-34)32-16-14-30(15-17-32)31-24-35-37-36(25-31)39(7,8)41(11,12)42(37,13)40(9,10)38(35,5)6/h14-25H,1-13H3. The van der Waals surface area contributed by atoms with E-state index in [0.29, 0.717) is 0 Å². The zero-order chi connectivity index (χ0) is 31.5. The van der Waals surface area contributed by atoms with Gasteiger partial charge in [0.2, 0.25) is 0 Å². The van der Waals surface area contributed by atoms with Crippen molar-refractivity contribution in [2.75, 3.05) is 4.90 Å². The van der Waals surface area contributed by atoms with Crippen LogP contribution in [0.5, 0.6) is 0 Å². The van der Waals surface area contributed by atoms with Crippen LogP contribution >= 0.6 is 0 Å². The molecular weight excluding hydrogens is 518 g/mol. The lowest BCUT2D eigenvalue weighted by molar-refractivity contribution is -0.0105. The van der Waals surface area contributed by atoms with E-state index < -0.39 is 0 Å². The highest BCUT2D eigenvalue weighted by Crippen LogP contribution is 2.76. The molecule has 0 unspecified atom stereocenters. The van der Waals surface area contributed by atoms with Crippen molar-refractivity contribution >= 4 is 17.1 Å². The lowest BCUT2D eigenvalue weighted by atomic mass is 9.47. The van der Waals surface area contributed by atoms with Gasteiger partial charge in [-0.3, -0.25) is 0 Å². The lowest BCUT2D eigenvalue weighted by Gasteiger charge is -2.56. The summed E-state index contributed by atoms with van der Waals surface area (Å²) in [4.78, 5) is 2.41. The highest BCUT2D eigenvalue weighted by atomic mass is 15.1. The monoisotopic (exact) mass is 569 g/mol. The molecule has 0 fully saturated rings. The first-order valence-corrected chi connectivity index (χ1v) is 16.1. The van der Waals surface area contributed by atoms with Crippen molar-refractivity contribution in [3.8, 4) is 11.1 Å². The maximum Gasteiger partial charge on any atom is 0.0466 e. The van der Waals surface area contributed by atoms with Crippen molar-refractivity contribution in [1.29, 1.82) is 0 Å². The van der Waals surface area contributed by atoms with E-state index in [1.54, 1.807) is 16.7 Å². The summed E-state index contributed by atoms with van der Waals surface area (Å²) in [5, 5.41) is 0. The molecule has 4 aromatic carbocycles. The summed E-state index contributed by atoms with van der Waals surface area (Å²) in [5.74, 6) is 0. The Balaban J connectivity index is 1.51. The van der Waals surface area contributed by atoms with Gasteiger partial charge >= 0.3 is 0 Å². The second-order valence-electron chi connectivity index (χ2n) is 16.1. The first-order valence-electron chi connectivity index (χ1n) is 16.1. The average molecular weight is 570 g/mol. The van der Waals surface area contributed by atoms with Crippen molar-refractivity contribution in [3.05, 3.63) is 112 Å². The number of benzene rings is 4. The molecule has 1 heteroatoms. The Morgan fingerprint density at radius 3 is 1.16 bits per heavy atom. The quantitative estimate of drug-likeness (QED) is 0.236. The van der Waals surface area contributed by atoms with Crippen LogP contribution in [0.25, 0.3) is 11.1 Å². The number of anilines is 3. The van der Waals surface area contributed by atoms with Gasteiger partial charge < -0.3 is 4.90 Å². The van der Waals surface area contributed by atoms with E-state index in [0.717, 1.165) is 0 Å².